The summed E-state index contributed by atoms with van der Waals surface area (Å²) in [6.45, 7) is 10.5. The molecule has 2 atom stereocenters. The Morgan fingerprint density at radius 2 is 1.80 bits per heavy atom. The Labute approximate surface area is 240 Å². The third-order valence-corrected chi connectivity index (χ3v) is 9.16. The van der Waals surface area contributed by atoms with E-state index in [0.29, 0.717) is 73.0 Å². The van der Waals surface area contributed by atoms with E-state index in [1.54, 1.807) is 17.0 Å². The van der Waals surface area contributed by atoms with Gasteiger partial charge < -0.3 is 14.4 Å². The second kappa shape index (κ2) is 11.9. The number of carbonyl (C=O) groups is 1. The van der Waals surface area contributed by atoms with Crippen LogP contribution in [0, 0.1) is 29.5 Å². The lowest BCUT2D eigenvalue weighted by atomic mass is 10.0. The summed E-state index contributed by atoms with van der Waals surface area (Å²) in [5, 5.41) is 2.42. The van der Waals surface area contributed by atoms with Crippen LogP contribution in [0.1, 0.15) is 25.0 Å². The van der Waals surface area contributed by atoms with Crippen LogP contribution in [-0.2, 0) is 17.7 Å². The molecule has 0 spiro atoms. The molecule has 2 aliphatic heterocycles. The standard InChI is InChI=1S/C32H38FN3O3S/c1-22(2)16-23-5-7-24(8-6-23)18-34-19-26-27(20-34)28(26)21-36(32(37)39-31-4-3-15-40-31)25-9-10-30(29(33)17-25)35-11-13-38-14-12-35/h3-10,15,17,22,26-28H,11-14,16,18-21H2,1-2H3. The average molecular weight is 564 g/mol. The maximum Gasteiger partial charge on any atom is 0.420 e. The van der Waals surface area contributed by atoms with Gasteiger partial charge in [0.2, 0.25) is 0 Å². The number of nitrogens with zero attached hydrogens (tertiary/aromatic N) is 3. The van der Waals surface area contributed by atoms with Crippen LogP contribution >= 0.6 is 11.3 Å². The predicted octanol–water partition coefficient (Wildman–Crippen LogP) is 6.31. The molecule has 1 aromatic heterocycles. The number of carbonyl (C=O) groups excluding carboxylic acids is 1. The van der Waals surface area contributed by atoms with Gasteiger partial charge in [0.15, 0.2) is 5.06 Å². The Kier molecular flexibility index (Phi) is 8.10. The van der Waals surface area contributed by atoms with Crippen molar-refractivity contribution in [3.8, 4) is 5.06 Å². The zero-order valence-corrected chi connectivity index (χ0v) is 24.1. The quantitative estimate of drug-likeness (QED) is 0.306. The van der Waals surface area contributed by atoms with E-state index < -0.39 is 6.09 Å². The van der Waals surface area contributed by atoms with Gasteiger partial charge >= 0.3 is 6.09 Å². The van der Waals surface area contributed by atoms with E-state index in [9.17, 15) is 4.79 Å². The smallest absolute Gasteiger partial charge is 0.399 e. The van der Waals surface area contributed by atoms with Crippen molar-refractivity contribution in [3.05, 3.63) is 76.9 Å². The topological polar surface area (TPSA) is 45.2 Å². The van der Waals surface area contributed by atoms with E-state index in [-0.39, 0.29) is 5.82 Å². The van der Waals surface area contributed by atoms with Crippen molar-refractivity contribution < 1.29 is 18.7 Å². The number of thiophene rings is 1. The summed E-state index contributed by atoms with van der Waals surface area (Å²) in [7, 11) is 0. The maximum atomic E-state index is 15.3. The summed E-state index contributed by atoms with van der Waals surface area (Å²) < 4.78 is 26.4. The molecule has 212 valence electrons. The monoisotopic (exact) mass is 563 g/mol. The number of piperidine rings is 1. The van der Waals surface area contributed by atoms with Crippen molar-refractivity contribution in [3.63, 3.8) is 0 Å². The van der Waals surface area contributed by atoms with Crippen LogP contribution in [0.5, 0.6) is 5.06 Å². The summed E-state index contributed by atoms with van der Waals surface area (Å²) in [6.07, 6.45) is 0.658. The highest BCUT2D eigenvalue weighted by molar-refractivity contribution is 7.11. The molecule has 3 fully saturated rings. The number of amides is 1. The molecular weight excluding hydrogens is 525 g/mol. The van der Waals surface area contributed by atoms with Gasteiger partial charge in [-0.3, -0.25) is 9.80 Å². The first kappa shape index (κ1) is 27.2. The number of halogens is 1. The highest BCUT2D eigenvalue weighted by atomic mass is 32.1. The zero-order chi connectivity index (χ0) is 27.6. The van der Waals surface area contributed by atoms with E-state index in [2.05, 4.69) is 43.0 Å². The lowest BCUT2D eigenvalue weighted by Gasteiger charge is -2.30. The van der Waals surface area contributed by atoms with Crippen LogP contribution in [0.2, 0.25) is 0 Å². The molecule has 3 aromatic rings. The Balaban J connectivity index is 1.11. The molecule has 0 radical (unpaired) electrons. The summed E-state index contributed by atoms with van der Waals surface area (Å²) in [5.74, 6) is 1.83. The molecule has 6 nitrogen and oxygen atoms in total. The highest BCUT2D eigenvalue weighted by Crippen LogP contribution is 2.52. The van der Waals surface area contributed by atoms with Gasteiger partial charge in [-0.25, -0.2) is 9.18 Å². The average Bonchev–Trinajstić information content (AvgIpc) is 3.28. The molecule has 0 bridgehead atoms. The zero-order valence-electron chi connectivity index (χ0n) is 23.3. The van der Waals surface area contributed by atoms with Gasteiger partial charge in [0.1, 0.15) is 5.82 Å². The molecular formula is C32H38FN3O3S. The van der Waals surface area contributed by atoms with Crippen molar-refractivity contribution in [1.29, 1.82) is 0 Å². The fraction of sp³-hybridized carbons (Fsp3) is 0.469. The van der Waals surface area contributed by atoms with Gasteiger partial charge in [0.05, 0.1) is 24.6 Å². The van der Waals surface area contributed by atoms with E-state index in [1.807, 2.05) is 22.4 Å². The lowest BCUT2D eigenvalue weighted by molar-refractivity contribution is 0.122. The molecule has 1 amide bonds. The normalized spacial score (nSPS) is 22.4. The molecule has 40 heavy (non-hydrogen) atoms. The number of morpholine rings is 1. The molecule has 0 N–H and O–H groups in total. The number of benzene rings is 2. The number of anilines is 2. The van der Waals surface area contributed by atoms with Crippen LogP contribution in [0.4, 0.5) is 20.6 Å². The van der Waals surface area contributed by atoms with Gasteiger partial charge in [-0.2, -0.15) is 0 Å². The van der Waals surface area contributed by atoms with Crippen molar-refractivity contribution in [2.45, 2.75) is 26.8 Å². The minimum atomic E-state index is -0.454. The first-order valence-electron chi connectivity index (χ1n) is 14.4. The second-order valence-corrected chi connectivity index (χ2v) is 12.7. The first-order valence-corrected chi connectivity index (χ1v) is 15.3. The van der Waals surface area contributed by atoms with Gasteiger partial charge in [-0.15, -0.1) is 11.3 Å². The Morgan fingerprint density at radius 3 is 2.45 bits per heavy atom. The number of ether oxygens (including phenoxy) is 2. The van der Waals surface area contributed by atoms with Gasteiger partial charge in [-0.1, -0.05) is 38.1 Å². The molecule has 1 saturated carbocycles. The number of likely N-dealkylation sites (tertiary alicyclic amines) is 1. The van der Waals surface area contributed by atoms with Crippen LogP contribution in [-0.4, -0.2) is 56.9 Å². The van der Waals surface area contributed by atoms with E-state index in [0.717, 1.165) is 26.1 Å². The van der Waals surface area contributed by atoms with E-state index in [1.165, 1.54) is 28.5 Å². The van der Waals surface area contributed by atoms with Crippen LogP contribution in [0.25, 0.3) is 0 Å². The summed E-state index contributed by atoms with van der Waals surface area (Å²) in [5.41, 5.74) is 3.84. The van der Waals surface area contributed by atoms with Crippen LogP contribution in [0.15, 0.2) is 60.0 Å². The fourth-order valence-electron chi connectivity index (χ4n) is 6.33. The molecule has 2 unspecified atom stereocenters. The molecule has 8 heteroatoms. The molecule has 2 aromatic carbocycles. The third kappa shape index (κ3) is 6.19. The molecule has 2 saturated heterocycles. The minimum absolute atomic E-state index is 0.324. The Bertz CT molecular complexity index is 1280. The van der Waals surface area contributed by atoms with Crippen LogP contribution < -0.4 is 14.5 Å². The van der Waals surface area contributed by atoms with E-state index >= 15 is 4.39 Å². The SMILES string of the molecule is CC(C)Cc1ccc(CN2CC3C(C2)C3CN(C(=O)Oc2cccs2)c2ccc(N3CCOCC3)c(F)c2)cc1. The summed E-state index contributed by atoms with van der Waals surface area (Å²) in [6, 6.07) is 17.8. The van der Waals surface area contributed by atoms with Crippen molar-refractivity contribution in [2.24, 2.45) is 23.7 Å². The van der Waals surface area contributed by atoms with Crippen molar-refractivity contribution in [2.75, 3.05) is 55.7 Å². The number of fused-ring (bicyclic) bond motifs is 1. The lowest BCUT2D eigenvalue weighted by Crippen LogP contribution is -2.38. The minimum Gasteiger partial charge on any atom is -0.399 e. The fourth-order valence-corrected chi connectivity index (χ4v) is 6.90. The predicted molar refractivity (Wildman–Crippen MR) is 158 cm³/mol. The molecule has 1 aliphatic carbocycles. The molecule has 3 aliphatic rings. The first-order chi connectivity index (χ1) is 19.4. The summed E-state index contributed by atoms with van der Waals surface area (Å²) in [4.78, 5) is 19.5. The van der Waals surface area contributed by atoms with Gasteiger partial charge in [0, 0.05) is 39.3 Å². The number of rotatable bonds is 9. The van der Waals surface area contributed by atoms with E-state index in [4.69, 9.17) is 9.47 Å². The number of hydrogen-bond acceptors (Lipinski definition) is 6. The molecule has 6 rings (SSSR count). The number of hydrogen-bond donors (Lipinski definition) is 0. The van der Waals surface area contributed by atoms with Crippen molar-refractivity contribution >= 4 is 28.8 Å². The Hall–Kier alpha value is -2.94. The maximum absolute atomic E-state index is 15.3. The molecule has 3 heterocycles. The summed E-state index contributed by atoms with van der Waals surface area (Å²) >= 11 is 1.38. The second-order valence-electron chi connectivity index (χ2n) is 11.7. The Morgan fingerprint density at radius 1 is 1.07 bits per heavy atom. The highest BCUT2D eigenvalue weighted by Gasteiger charge is 2.56. The van der Waals surface area contributed by atoms with Crippen LogP contribution in [0.3, 0.4) is 0 Å². The van der Waals surface area contributed by atoms with Crippen molar-refractivity contribution in [1.82, 2.24) is 4.90 Å². The van der Waals surface area contributed by atoms with Gasteiger partial charge in [0.25, 0.3) is 0 Å². The largest absolute Gasteiger partial charge is 0.420 e. The third-order valence-electron chi connectivity index (χ3n) is 8.41. The van der Waals surface area contributed by atoms with Gasteiger partial charge in [-0.05, 0) is 76.9 Å².